The summed E-state index contributed by atoms with van der Waals surface area (Å²) in [4.78, 5) is 20.6. The Labute approximate surface area is 158 Å². The summed E-state index contributed by atoms with van der Waals surface area (Å²) in [7, 11) is 0. The SMILES string of the molecule is CCOC(=O)c1ccccc1Nc1cc(Nc2ccc(C)cc2C)ncn1. The predicted octanol–water partition coefficient (Wildman–Crippen LogP) is 4.76. The van der Waals surface area contributed by atoms with Crippen LogP contribution in [0.1, 0.15) is 28.4 Å². The van der Waals surface area contributed by atoms with Gasteiger partial charge in [0.05, 0.1) is 17.9 Å². The standard InChI is InChI=1S/C21H22N4O2/c1-4-27-21(26)16-7-5-6-8-18(16)25-20-12-19(22-13-23-20)24-17-10-9-14(2)11-15(17)3/h5-13H,4H2,1-3H3,(H2,22,23,24,25). The maximum absolute atomic E-state index is 12.1. The van der Waals surface area contributed by atoms with Crippen molar-refractivity contribution < 1.29 is 9.53 Å². The van der Waals surface area contributed by atoms with E-state index < -0.39 is 0 Å². The van der Waals surface area contributed by atoms with Gasteiger partial charge in [-0.15, -0.1) is 0 Å². The van der Waals surface area contributed by atoms with Crippen LogP contribution in [0, 0.1) is 13.8 Å². The fourth-order valence-corrected chi connectivity index (χ4v) is 2.70. The number of hydrogen-bond acceptors (Lipinski definition) is 6. The summed E-state index contributed by atoms with van der Waals surface area (Å²) in [6, 6.07) is 15.1. The van der Waals surface area contributed by atoms with Gasteiger partial charge in [-0.2, -0.15) is 0 Å². The summed E-state index contributed by atoms with van der Waals surface area (Å²) in [5.74, 6) is 0.866. The quantitative estimate of drug-likeness (QED) is 0.616. The monoisotopic (exact) mass is 362 g/mol. The second-order valence-corrected chi connectivity index (χ2v) is 6.12. The number of nitrogens with zero attached hydrogens (tertiary/aromatic N) is 2. The van der Waals surface area contributed by atoms with Crippen LogP contribution in [0.3, 0.4) is 0 Å². The molecule has 0 radical (unpaired) electrons. The lowest BCUT2D eigenvalue weighted by Crippen LogP contribution is -2.08. The summed E-state index contributed by atoms with van der Waals surface area (Å²) < 4.78 is 5.11. The van der Waals surface area contributed by atoms with Crippen molar-refractivity contribution in [2.24, 2.45) is 0 Å². The van der Waals surface area contributed by atoms with Gasteiger partial charge in [-0.05, 0) is 44.5 Å². The van der Waals surface area contributed by atoms with Crippen molar-refractivity contribution in [3.05, 3.63) is 71.5 Å². The zero-order chi connectivity index (χ0) is 19.2. The highest BCUT2D eigenvalue weighted by Gasteiger charge is 2.12. The van der Waals surface area contributed by atoms with Crippen molar-refractivity contribution in [2.75, 3.05) is 17.2 Å². The third-order valence-corrected chi connectivity index (χ3v) is 4.00. The molecular weight excluding hydrogens is 340 g/mol. The summed E-state index contributed by atoms with van der Waals surface area (Å²) in [6.07, 6.45) is 1.47. The molecule has 6 nitrogen and oxygen atoms in total. The van der Waals surface area contributed by atoms with E-state index in [9.17, 15) is 4.79 Å². The zero-order valence-corrected chi connectivity index (χ0v) is 15.6. The number of carbonyl (C=O) groups is 1. The van der Waals surface area contributed by atoms with E-state index in [2.05, 4.69) is 33.6 Å². The Morgan fingerprint density at radius 3 is 2.37 bits per heavy atom. The van der Waals surface area contributed by atoms with Gasteiger partial charge in [0.1, 0.15) is 18.0 Å². The lowest BCUT2D eigenvalue weighted by molar-refractivity contribution is 0.0527. The first-order chi connectivity index (χ1) is 13.1. The molecular formula is C21H22N4O2. The van der Waals surface area contributed by atoms with Gasteiger partial charge in [-0.3, -0.25) is 0 Å². The highest BCUT2D eigenvalue weighted by Crippen LogP contribution is 2.24. The number of nitrogens with one attached hydrogen (secondary N) is 2. The van der Waals surface area contributed by atoms with E-state index in [4.69, 9.17) is 4.74 Å². The summed E-state index contributed by atoms with van der Waals surface area (Å²) in [5.41, 5.74) is 4.42. The Balaban J connectivity index is 1.82. The number of hydrogen-bond donors (Lipinski definition) is 2. The average Bonchev–Trinajstić information content (AvgIpc) is 2.65. The van der Waals surface area contributed by atoms with Crippen LogP contribution in [-0.4, -0.2) is 22.5 Å². The minimum atomic E-state index is -0.372. The average molecular weight is 362 g/mol. The highest BCUT2D eigenvalue weighted by molar-refractivity contribution is 5.96. The van der Waals surface area contributed by atoms with Crippen LogP contribution in [0.4, 0.5) is 23.0 Å². The molecule has 0 spiro atoms. The molecule has 0 fully saturated rings. The maximum atomic E-state index is 12.1. The second-order valence-electron chi connectivity index (χ2n) is 6.12. The van der Waals surface area contributed by atoms with Gasteiger partial charge in [-0.25, -0.2) is 14.8 Å². The first-order valence-electron chi connectivity index (χ1n) is 8.76. The number of aromatic nitrogens is 2. The van der Waals surface area contributed by atoms with Gasteiger partial charge in [0.25, 0.3) is 0 Å². The van der Waals surface area contributed by atoms with Crippen molar-refractivity contribution in [3.8, 4) is 0 Å². The number of ether oxygens (including phenoxy) is 1. The topological polar surface area (TPSA) is 76.1 Å². The van der Waals surface area contributed by atoms with Crippen LogP contribution in [0.2, 0.25) is 0 Å². The smallest absolute Gasteiger partial charge is 0.340 e. The van der Waals surface area contributed by atoms with E-state index >= 15 is 0 Å². The molecule has 1 heterocycles. The molecule has 27 heavy (non-hydrogen) atoms. The molecule has 0 aliphatic heterocycles. The Morgan fingerprint density at radius 2 is 1.67 bits per heavy atom. The van der Waals surface area contributed by atoms with Crippen LogP contribution in [0.15, 0.2) is 54.9 Å². The Kier molecular flexibility index (Phi) is 5.66. The Hall–Kier alpha value is -3.41. The van der Waals surface area contributed by atoms with Gasteiger partial charge >= 0.3 is 5.97 Å². The minimum absolute atomic E-state index is 0.324. The summed E-state index contributed by atoms with van der Waals surface area (Å²) in [5, 5.41) is 6.47. The maximum Gasteiger partial charge on any atom is 0.340 e. The molecule has 0 unspecified atom stereocenters. The van der Waals surface area contributed by atoms with E-state index in [0.717, 1.165) is 11.3 Å². The van der Waals surface area contributed by atoms with Crippen LogP contribution >= 0.6 is 0 Å². The summed E-state index contributed by atoms with van der Waals surface area (Å²) in [6.45, 7) is 6.21. The predicted molar refractivity (Wildman–Crippen MR) is 107 cm³/mol. The molecule has 138 valence electrons. The fraction of sp³-hybridized carbons (Fsp3) is 0.190. The van der Waals surface area contributed by atoms with E-state index in [-0.39, 0.29) is 5.97 Å². The second kappa shape index (κ2) is 8.31. The molecule has 3 rings (SSSR count). The highest BCUT2D eigenvalue weighted by atomic mass is 16.5. The van der Waals surface area contributed by atoms with Crippen molar-refractivity contribution in [1.29, 1.82) is 0 Å². The molecule has 0 aliphatic carbocycles. The Morgan fingerprint density at radius 1 is 0.963 bits per heavy atom. The van der Waals surface area contributed by atoms with Crippen molar-refractivity contribution in [2.45, 2.75) is 20.8 Å². The number of esters is 1. The normalized spacial score (nSPS) is 10.3. The molecule has 2 aromatic carbocycles. The molecule has 1 aromatic heterocycles. The van der Waals surface area contributed by atoms with Crippen LogP contribution in [0.5, 0.6) is 0 Å². The largest absolute Gasteiger partial charge is 0.462 e. The van der Waals surface area contributed by atoms with E-state index in [1.807, 2.05) is 31.2 Å². The number of benzene rings is 2. The van der Waals surface area contributed by atoms with Crippen molar-refractivity contribution in [1.82, 2.24) is 9.97 Å². The van der Waals surface area contributed by atoms with Crippen LogP contribution in [-0.2, 0) is 4.74 Å². The van der Waals surface area contributed by atoms with Gasteiger partial charge in [0.2, 0.25) is 0 Å². The summed E-state index contributed by atoms with van der Waals surface area (Å²) >= 11 is 0. The number of rotatable bonds is 6. The van der Waals surface area contributed by atoms with Gasteiger partial charge in [0, 0.05) is 11.8 Å². The first kappa shape index (κ1) is 18.4. The van der Waals surface area contributed by atoms with E-state index in [0.29, 0.717) is 29.5 Å². The number of para-hydroxylation sites is 1. The first-order valence-corrected chi connectivity index (χ1v) is 8.76. The molecule has 0 bridgehead atoms. The molecule has 0 saturated heterocycles. The molecule has 3 aromatic rings. The fourth-order valence-electron chi connectivity index (χ4n) is 2.70. The Bertz CT molecular complexity index is 956. The number of aryl methyl sites for hydroxylation is 2. The van der Waals surface area contributed by atoms with E-state index in [1.165, 1.54) is 11.9 Å². The molecule has 0 saturated carbocycles. The molecule has 0 amide bonds. The van der Waals surface area contributed by atoms with Crippen molar-refractivity contribution in [3.63, 3.8) is 0 Å². The van der Waals surface area contributed by atoms with Crippen LogP contribution in [0.25, 0.3) is 0 Å². The van der Waals surface area contributed by atoms with Gasteiger partial charge < -0.3 is 15.4 Å². The van der Waals surface area contributed by atoms with Crippen LogP contribution < -0.4 is 10.6 Å². The van der Waals surface area contributed by atoms with Gasteiger partial charge in [0.15, 0.2) is 0 Å². The van der Waals surface area contributed by atoms with Crippen molar-refractivity contribution >= 4 is 29.0 Å². The lowest BCUT2D eigenvalue weighted by Gasteiger charge is -2.13. The third-order valence-electron chi connectivity index (χ3n) is 4.00. The number of anilines is 4. The third kappa shape index (κ3) is 4.61. The number of carbonyl (C=O) groups excluding carboxylic acids is 1. The zero-order valence-electron chi connectivity index (χ0n) is 15.6. The minimum Gasteiger partial charge on any atom is -0.462 e. The van der Waals surface area contributed by atoms with E-state index in [1.54, 1.807) is 25.1 Å². The molecule has 6 heteroatoms. The molecule has 2 N–H and O–H groups in total. The van der Waals surface area contributed by atoms with Gasteiger partial charge in [-0.1, -0.05) is 29.8 Å². The molecule has 0 aliphatic rings. The lowest BCUT2D eigenvalue weighted by atomic mass is 10.1. The molecule has 0 atom stereocenters.